The first kappa shape index (κ1) is 8.67. The zero-order valence-electron chi connectivity index (χ0n) is 6.52. The molecule has 0 aliphatic rings. The van der Waals surface area contributed by atoms with Gasteiger partial charge in [-0.3, -0.25) is 10.1 Å². The second kappa shape index (κ2) is 3.32. The monoisotopic (exact) mass is 166 g/mol. The first-order chi connectivity index (χ1) is 5.66. The third-order valence-electron chi connectivity index (χ3n) is 1.59. The Labute approximate surface area is 69.6 Å². The molecule has 1 rings (SSSR count). The molecular formula is C8H8NO3. The summed E-state index contributed by atoms with van der Waals surface area (Å²) < 4.78 is 0. The number of nitro groups is 1. The summed E-state index contributed by atoms with van der Waals surface area (Å²) in [5.41, 5.74) is 0.739. The first-order valence-electron chi connectivity index (χ1n) is 3.38. The molecule has 4 nitrogen and oxygen atoms in total. The van der Waals surface area contributed by atoms with Crippen LogP contribution in [-0.4, -0.2) is 10.0 Å². The number of aliphatic hydroxyl groups excluding tert-OH is 1. The smallest absolute Gasteiger partial charge is 0.278 e. The highest BCUT2D eigenvalue weighted by atomic mass is 16.6. The van der Waals surface area contributed by atoms with Crippen LogP contribution in [0.25, 0.3) is 0 Å². The minimum Gasteiger partial charge on any atom is -0.385 e. The van der Waals surface area contributed by atoms with Crippen LogP contribution in [0.5, 0.6) is 0 Å². The fourth-order valence-corrected chi connectivity index (χ4v) is 1.04. The van der Waals surface area contributed by atoms with Crippen LogP contribution >= 0.6 is 0 Å². The largest absolute Gasteiger partial charge is 0.385 e. The predicted molar refractivity (Wildman–Crippen MR) is 43.2 cm³/mol. The van der Waals surface area contributed by atoms with Crippen LogP contribution in [0.2, 0.25) is 0 Å². The molecule has 0 spiro atoms. The summed E-state index contributed by atoms with van der Waals surface area (Å²) in [4.78, 5) is 9.97. The van der Waals surface area contributed by atoms with E-state index in [1.165, 1.54) is 6.07 Å². The Morgan fingerprint density at radius 2 is 2.25 bits per heavy atom. The number of benzene rings is 1. The van der Waals surface area contributed by atoms with Gasteiger partial charge in [0.25, 0.3) is 5.69 Å². The molecule has 12 heavy (non-hydrogen) atoms. The van der Waals surface area contributed by atoms with Crippen LogP contribution < -0.4 is 0 Å². The van der Waals surface area contributed by atoms with E-state index in [1.807, 2.05) is 0 Å². The van der Waals surface area contributed by atoms with Crippen molar-refractivity contribution in [1.29, 1.82) is 0 Å². The first-order valence-corrected chi connectivity index (χ1v) is 3.38. The van der Waals surface area contributed by atoms with E-state index in [1.54, 1.807) is 19.1 Å². The van der Waals surface area contributed by atoms with E-state index >= 15 is 0 Å². The van der Waals surface area contributed by atoms with Gasteiger partial charge in [-0.15, -0.1) is 0 Å². The van der Waals surface area contributed by atoms with Gasteiger partial charge in [0, 0.05) is 5.56 Å². The Morgan fingerprint density at radius 1 is 1.58 bits per heavy atom. The Morgan fingerprint density at radius 3 is 2.67 bits per heavy atom. The van der Waals surface area contributed by atoms with Gasteiger partial charge in [-0.1, -0.05) is 12.1 Å². The average molecular weight is 166 g/mol. The quantitative estimate of drug-likeness (QED) is 0.538. The lowest BCUT2D eigenvalue weighted by Crippen LogP contribution is -1.96. The highest BCUT2D eigenvalue weighted by Gasteiger charge is 2.15. The molecular weight excluding hydrogens is 158 g/mol. The van der Waals surface area contributed by atoms with Crippen LogP contribution in [0.1, 0.15) is 11.1 Å². The Balaban J connectivity index is 3.29. The van der Waals surface area contributed by atoms with Crippen molar-refractivity contribution in [3.8, 4) is 0 Å². The van der Waals surface area contributed by atoms with E-state index in [2.05, 4.69) is 0 Å². The van der Waals surface area contributed by atoms with Crippen LogP contribution in [0.3, 0.4) is 0 Å². The maximum atomic E-state index is 10.5. The fraction of sp³-hybridized carbons (Fsp3) is 0.125. The van der Waals surface area contributed by atoms with Crippen molar-refractivity contribution in [2.24, 2.45) is 0 Å². The van der Waals surface area contributed by atoms with Gasteiger partial charge in [-0.05, 0) is 13.0 Å². The lowest BCUT2D eigenvalue weighted by atomic mass is 10.1. The molecule has 0 aromatic heterocycles. The molecule has 63 valence electrons. The molecule has 0 fully saturated rings. The summed E-state index contributed by atoms with van der Waals surface area (Å²) in [6, 6.07) is 4.78. The molecule has 0 aliphatic carbocycles. The summed E-state index contributed by atoms with van der Waals surface area (Å²) in [6.45, 7) is 2.37. The fourth-order valence-electron chi connectivity index (χ4n) is 1.04. The van der Waals surface area contributed by atoms with Gasteiger partial charge in [0.05, 0.1) is 10.5 Å². The van der Waals surface area contributed by atoms with Crippen LogP contribution in [-0.2, 0) is 0 Å². The Bertz CT molecular complexity index is 309. The number of hydrogen-bond donors (Lipinski definition) is 1. The van der Waals surface area contributed by atoms with Gasteiger partial charge in [0.1, 0.15) is 6.61 Å². The van der Waals surface area contributed by atoms with Gasteiger partial charge in [0.2, 0.25) is 0 Å². The van der Waals surface area contributed by atoms with Crippen molar-refractivity contribution < 1.29 is 10.0 Å². The van der Waals surface area contributed by atoms with Crippen molar-refractivity contribution in [2.45, 2.75) is 6.92 Å². The van der Waals surface area contributed by atoms with Gasteiger partial charge in [0.15, 0.2) is 0 Å². The second-order valence-electron chi connectivity index (χ2n) is 2.40. The SMILES string of the molecule is Cc1cccc([CH]O)c1[N+](=O)[O-]. The molecule has 4 heteroatoms. The molecule has 1 aromatic carbocycles. The second-order valence-corrected chi connectivity index (χ2v) is 2.40. The van der Waals surface area contributed by atoms with E-state index in [9.17, 15) is 10.1 Å². The Kier molecular flexibility index (Phi) is 2.40. The van der Waals surface area contributed by atoms with E-state index < -0.39 is 4.92 Å². The van der Waals surface area contributed by atoms with Crippen LogP contribution in [0.4, 0.5) is 5.69 Å². The minimum absolute atomic E-state index is 0.0417. The molecule has 0 saturated carbocycles. The number of nitro benzene ring substituents is 1. The molecule has 0 atom stereocenters. The standard InChI is InChI=1S/C8H8NO3/c1-6-3-2-4-7(5-10)8(6)9(11)12/h2-5,10H,1H3. The molecule has 0 unspecified atom stereocenters. The molecule has 0 bridgehead atoms. The molecule has 0 heterocycles. The summed E-state index contributed by atoms with van der Waals surface area (Å²) in [5.74, 6) is 0. The van der Waals surface area contributed by atoms with Gasteiger partial charge >= 0.3 is 0 Å². The van der Waals surface area contributed by atoms with Crippen molar-refractivity contribution in [2.75, 3.05) is 0 Å². The van der Waals surface area contributed by atoms with Crippen molar-refractivity contribution in [3.63, 3.8) is 0 Å². The molecule has 0 amide bonds. The zero-order chi connectivity index (χ0) is 9.14. The maximum absolute atomic E-state index is 10.5. The summed E-state index contributed by atoms with van der Waals surface area (Å²) in [7, 11) is 0. The highest BCUT2D eigenvalue weighted by Crippen LogP contribution is 2.23. The lowest BCUT2D eigenvalue weighted by Gasteiger charge is -2.00. The number of nitrogens with zero attached hydrogens (tertiary/aromatic N) is 1. The number of hydrogen-bond acceptors (Lipinski definition) is 3. The average Bonchev–Trinajstić information content (AvgIpc) is 2.03. The number of para-hydroxylation sites is 1. The number of aliphatic hydroxyl groups is 1. The molecule has 1 N–H and O–H groups in total. The third kappa shape index (κ3) is 1.43. The van der Waals surface area contributed by atoms with Crippen molar-refractivity contribution in [1.82, 2.24) is 0 Å². The third-order valence-corrected chi connectivity index (χ3v) is 1.59. The van der Waals surface area contributed by atoms with Crippen molar-refractivity contribution >= 4 is 5.69 Å². The van der Waals surface area contributed by atoms with Gasteiger partial charge < -0.3 is 5.11 Å². The Hall–Kier alpha value is -1.42. The molecule has 1 aromatic rings. The van der Waals surface area contributed by atoms with E-state index in [0.29, 0.717) is 5.56 Å². The van der Waals surface area contributed by atoms with Crippen LogP contribution in [0.15, 0.2) is 18.2 Å². The minimum atomic E-state index is -0.503. The van der Waals surface area contributed by atoms with Gasteiger partial charge in [-0.25, -0.2) is 0 Å². The lowest BCUT2D eigenvalue weighted by molar-refractivity contribution is -0.386. The topological polar surface area (TPSA) is 63.4 Å². The van der Waals surface area contributed by atoms with E-state index in [4.69, 9.17) is 5.11 Å². The van der Waals surface area contributed by atoms with Gasteiger partial charge in [-0.2, -0.15) is 0 Å². The number of rotatable bonds is 2. The molecule has 1 radical (unpaired) electrons. The summed E-state index contributed by atoms with van der Waals surface area (Å²) in [6.07, 6.45) is 0. The summed E-state index contributed by atoms with van der Waals surface area (Å²) in [5, 5.41) is 19.1. The van der Waals surface area contributed by atoms with Crippen molar-refractivity contribution in [3.05, 3.63) is 46.0 Å². The normalized spacial score (nSPS) is 9.83. The number of aryl methyl sites for hydroxylation is 1. The van der Waals surface area contributed by atoms with E-state index in [-0.39, 0.29) is 11.3 Å². The molecule has 0 saturated heterocycles. The maximum Gasteiger partial charge on any atom is 0.278 e. The highest BCUT2D eigenvalue weighted by molar-refractivity contribution is 5.49. The van der Waals surface area contributed by atoms with E-state index in [0.717, 1.165) is 6.61 Å². The zero-order valence-corrected chi connectivity index (χ0v) is 6.52. The summed E-state index contributed by atoms with van der Waals surface area (Å²) >= 11 is 0. The predicted octanol–water partition coefficient (Wildman–Crippen LogP) is 1.79. The van der Waals surface area contributed by atoms with Crippen LogP contribution in [0, 0.1) is 23.6 Å². The molecule has 0 aliphatic heterocycles.